The summed E-state index contributed by atoms with van der Waals surface area (Å²) in [5.41, 5.74) is 3.46. The molecule has 2 heterocycles. The highest BCUT2D eigenvalue weighted by atomic mass is 32.2. The van der Waals surface area contributed by atoms with Gasteiger partial charge in [-0.1, -0.05) is 45.4 Å². The Hall–Kier alpha value is -3.85. The van der Waals surface area contributed by atoms with E-state index >= 15 is 0 Å². The van der Waals surface area contributed by atoms with Crippen LogP contribution < -0.4 is 4.90 Å². The Morgan fingerprint density at radius 1 is 0.815 bits per heavy atom. The maximum Gasteiger partial charge on any atom is 0.303 e. The lowest BCUT2D eigenvalue weighted by Gasteiger charge is -2.30. The van der Waals surface area contributed by atoms with E-state index in [9.17, 15) is 35.5 Å². The average molecular weight is 788 g/mol. The van der Waals surface area contributed by atoms with Gasteiger partial charge in [0.15, 0.2) is 5.71 Å². The van der Waals surface area contributed by atoms with E-state index in [4.69, 9.17) is 10.2 Å². The SMILES string of the molecule is CC1/C(=C\C(C)(C)/C=C/C(C)(C)C2=[N+](CCCCCC(=O)O)c3ccc(S(=O)(=O)O)cc3C2(C)C)N(CCCCCC(=O)O)c2ccc(S(=O)(=O)O)cc21. The predicted octanol–water partition coefficient (Wildman–Crippen LogP) is 7.96. The van der Waals surface area contributed by atoms with Crippen molar-refractivity contribution >= 4 is 49.3 Å². The summed E-state index contributed by atoms with van der Waals surface area (Å²) in [5, 5.41) is 18.2. The van der Waals surface area contributed by atoms with Crippen molar-refractivity contribution in [2.24, 2.45) is 10.8 Å². The first kappa shape index (κ1) is 42.9. The third-order valence-electron chi connectivity index (χ3n) is 10.5. The quantitative estimate of drug-likeness (QED) is 0.0496. The minimum Gasteiger partial charge on any atom is -0.481 e. The van der Waals surface area contributed by atoms with E-state index < -0.39 is 48.4 Å². The van der Waals surface area contributed by atoms with Gasteiger partial charge in [-0.2, -0.15) is 21.4 Å². The second-order valence-electron chi connectivity index (χ2n) is 16.2. The molecule has 1 unspecified atom stereocenters. The first-order valence-corrected chi connectivity index (χ1v) is 21.3. The summed E-state index contributed by atoms with van der Waals surface area (Å²) in [4.78, 5) is 24.0. The average Bonchev–Trinajstić information content (AvgIpc) is 3.44. The van der Waals surface area contributed by atoms with Crippen LogP contribution in [0.15, 0.2) is 70.1 Å². The number of fused-ring (bicyclic) bond motifs is 2. The number of aliphatic carboxylic acids is 2. The van der Waals surface area contributed by atoms with Crippen LogP contribution in [0.1, 0.15) is 117 Å². The van der Waals surface area contributed by atoms with E-state index in [1.807, 2.05) is 20.8 Å². The molecule has 0 bridgehead atoms. The highest BCUT2D eigenvalue weighted by molar-refractivity contribution is 7.86. The molecule has 1 atom stereocenters. The highest BCUT2D eigenvalue weighted by Gasteiger charge is 2.51. The molecule has 54 heavy (non-hydrogen) atoms. The molecule has 4 rings (SSSR count). The van der Waals surface area contributed by atoms with Crippen LogP contribution in [0.3, 0.4) is 0 Å². The standard InChI is InChI=1S/C40H54N2O10S2/c1-27-30-24-28(53(47,48)49)16-18-32(30)41(22-12-8-10-14-35(43)44)34(27)26-38(2,3)20-21-39(4,5)37-40(6,7)31-25-29(54(50,51)52)17-19-33(31)42(37)23-13-9-11-15-36(45)46/h16-21,24-27H,8-15,22-23H2,1-7H3,(H3-,43,44,45,46,47,48,49,50,51,52)/p+1/b21-20+,34-26+. The Morgan fingerprint density at radius 3 is 1.94 bits per heavy atom. The topological polar surface area (TPSA) is 190 Å². The molecule has 0 fully saturated rings. The van der Waals surface area contributed by atoms with Gasteiger partial charge in [-0.15, -0.1) is 0 Å². The van der Waals surface area contributed by atoms with Crippen LogP contribution in [-0.4, -0.2) is 71.5 Å². The Morgan fingerprint density at radius 2 is 1.37 bits per heavy atom. The molecule has 12 nitrogen and oxygen atoms in total. The van der Waals surface area contributed by atoms with Gasteiger partial charge in [-0.25, -0.2) is 0 Å². The Labute approximate surface area is 319 Å². The van der Waals surface area contributed by atoms with Gasteiger partial charge >= 0.3 is 11.9 Å². The van der Waals surface area contributed by atoms with Gasteiger partial charge in [0.25, 0.3) is 20.2 Å². The molecule has 0 aliphatic carbocycles. The fourth-order valence-corrected chi connectivity index (χ4v) is 9.05. The molecule has 0 saturated carbocycles. The molecule has 0 aromatic heterocycles. The van der Waals surface area contributed by atoms with E-state index in [1.54, 1.807) is 12.1 Å². The van der Waals surface area contributed by atoms with Crippen molar-refractivity contribution in [2.45, 2.75) is 121 Å². The summed E-state index contributed by atoms with van der Waals surface area (Å²) < 4.78 is 70.3. The molecule has 2 aliphatic heterocycles. The number of unbranched alkanes of at least 4 members (excludes halogenated alkanes) is 4. The lowest BCUT2D eigenvalue weighted by Crippen LogP contribution is -2.40. The lowest BCUT2D eigenvalue weighted by molar-refractivity contribution is -0.443. The first-order valence-electron chi connectivity index (χ1n) is 18.4. The van der Waals surface area contributed by atoms with Gasteiger partial charge in [0, 0.05) is 60.2 Å². The fourth-order valence-electron chi connectivity index (χ4n) is 8.03. The minimum atomic E-state index is -4.44. The first-order chi connectivity index (χ1) is 24.9. The van der Waals surface area contributed by atoms with Crippen molar-refractivity contribution in [2.75, 3.05) is 18.0 Å². The fraction of sp³-hybridized carbons (Fsp3) is 0.525. The molecule has 14 heteroatoms. The number of rotatable bonds is 18. The third kappa shape index (κ3) is 9.87. The zero-order chi connectivity index (χ0) is 40.4. The molecule has 296 valence electrons. The number of nitrogens with zero attached hydrogens (tertiary/aromatic N) is 2. The van der Waals surface area contributed by atoms with Crippen molar-refractivity contribution < 1.29 is 50.3 Å². The zero-order valence-corrected chi connectivity index (χ0v) is 33.9. The number of allylic oxidation sites excluding steroid dienone is 4. The molecule has 2 aliphatic rings. The summed E-state index contributed by atoms with van der Waals surface area (Å²) in [7, 11) is -8.86. The molecule has 0 spiro atoms. The minimum absolute atomic E-state index is 0.0860. The van der Waals surface area contributed by atoms with Gasteiger partial charge < -0.3 is 15.1 Å². The normalized spacial score (nSPS) is 18.1. The molecule has 0 amide bonds. The van der Waals surface area contributed by atoms with Gasteiger partial charge in [0.1, 0.15) is 6.54 Å². The van der Waals surface area contributed by atoms with Crippen LogP contribution in [0.4, 0.5) is 11.4 Å². The Kier molecular flexibility index (Phi) is 12.8. The number of carboxylic acid groups (broad SMARTS) is 2. The second-order valence-corrected chi connectivity index (χ2v) is 19.0. The van der Waals surface area contributed by atoms with E-state index in [2.05, 4.69) is 55.4 Å². The van der Waals surface area contributed by atoms with Crippen molar-refractivity contribution in [1.29, 1.82) is 0 Å². The van der Waals surface area contributed by atoms with Gasteiger partial charge in [0.2, 0.25) is 5.69 Å². The molecule has 0 radical (unpaired) electrons. The van der Waals surface area contributed by atoms with Crippen LogP contribution in [0, 0.1) is 10.8 Å². The Balaban J connectivity index is 1.72. The summed E-state index contributed by atoms with van der Waals surface area (Å²) >= 11 is 0. The van der Waals surface area contributed by atoms with Crippen molar-refractivity contribution in [1.82, 2.24) is 0 Å². The monoisotopic (exact) mass is 787 g/mol. The van der Waals surface area contributed by atoms with Crippen LogP contribution in [-0.2, 0) is 35.2 Å². The van der Waals surface area contributed by atoms with E-state index in [-0.39, 0.29) is 28.6 Å². The van der Waals surface area contributed by atoms with Crippen molar-refractivity contribution in [3.05, 3.63) is 71.5 Å². The zero-order valence-electron chi connectivity index (χ0n) is 32.3. The summed E-state index contributed by atoms with van der Waals surface area (Å²) in [5.74, 6) is -1.88. The lowest BCUT2D eigenvalue weighted by atomic mass is 9.70. The van der Waals surface area contributed by atoms with Gasteiger partial charge in [-0.05, 0) is 89.3 Å². The number of hydrogen-bond donors (Lipinski definition) is 4. The maximum atomic E-state index is 12.2. The second kappa shape index (κ2) is 16.1. The number of carboxylic acids is 2. The highest BCUT2D eigenvalue weighted by Crippen LogP contribution is 2.48. The van der Waals surface area contributed by atoms with Crippen LogP contribution >= 0.6 is 0 Å². The van der Waals surface area contributed by atoms with Gasteiger partial charge in [0.05, 0.1) is 20.6 Å². The molecule has 2 aromatic rings. The van der Waals surface area contributed by atoms with Gasteiger partial charge in [-0.3, -0.25) is 18.7 Å². The largest absolute Gasteiger partial charge is 0.481 e. The predicted molar refractivity (Wildman–Crippen MR) is 208 cm³/mol. The van der Waals surface area contributed by atoms with Crippen LogP contribution in [0.5, 0.6) is 0 Å². The maximum absolute atomic E-state index is 12.2. The Bertz CT molecular complexity index is 2090. The van der Waals surface area contributed by atoms with Crippen LogP contribution in [0.25, 0.3) is 0 Å². The molecule has 2 aromatic carbocycles. The smallest absolute Gasteiger partial charge is 0.303 e. The molecule has 4 N–H and O–H groups in total. The molecular weight excluding hydrogens is 733 g/mol. The number of hydrogen-bond acceptors (Lipinski definition) is 7. The number of carbonyl (C=O) groups is 2. The molecule has 0 saturated heterocycles. The summed E-state index contributed by atoms with van der Waals surface area (Å²) in [6.07, 6.45) is 10.5. The number of anilines is 1. The number of benzene rings is 2. The van der Waals surface area contributed by atoms with Crippen LogP contribution in [0.2, 0.25) is 0 Å². The van der Waals surface area contributed by atoms with Crippen molar-refractivity contribution in [3.63, 3.8) is 0 Å². The van der Waals surface area contributed by atoms with E-state index in [0.29, 0.717) is 45.2 Å². The summed E-state index contributed by atoms with van der Waals surface area (Å²) in [6, 6.07) is 9.27. The molecular formula is C40H55N2O10S2+. The summed E-state index contributed by atoms with van der Waals surface area (Å²) in [6.45, 7) is 15.6. The van der Waals surface area contributed by atoms with Crippen molar-refractivity contribution in [3.8, 4) is 0 Å². The third-order valence-corrected chi connectivity index (χ3v) is 12.2. The van der Waals surface area contributed by atoms with E-state index in [1.165, 1.54) is 24.3 Å². The van der Waals surface area contributed by atoms with E-state index in [0.717, 1.165) is 40.3 Å².